The molecule has 0 fully saturated rings. The van der Waals surface area contributed by atoms with Crippen LogP contribution in [0.1, 0.15) is 32.7 Å². The fourth-order valence-electron chi connectivity index (χ4n) is 2.80. The SMILES string of the molecule is Cc1cc(C)c(/C=N\NC(=O)c2ccc3ccccc3n2)c(C)c1. The summed E-state index contributed by atoms with van der Waals surface area (Å²) in [6, 6.07) is 15.5. The van der Waals surface area contributed by atoms with Crippen molar-refractivity contribution < 1.29 is 4.79 Å². The second kappa shape index (κ2) is 6.62. The number of aryl methyl sites for hydroxylation is 3. The molecule has 2 aromatic carbocycles. The highest BCUT2D eigenvalue weighted by Crippen LogP contribution is 2.14. The van der Waals surface area contributed by atoms with E-state index < -0.39 is 0 Å². The van der Waals surface area contributed by atoms with E-state index in [0.717, 1.165) is 27.6 Å². The third kappa shape index (κ3) is 3.33. The van der Waals surface area contributed by atoms with Gasteiger partial charge in [0.05, 0.1) is 11.7 Å². The Labute approximate surface area is 141 Å². The van der Waals surface area contributed by atoms with Crippen molar-refractivity contribution in [3.63, 3.8) is 0 Å². The van der Waals surface area contributed by atoms with Gasteiger partial charge < -0.3 is 0 Å². The Morgan fingerprint density at radius 1 is 1.04 bits per heavy atom. The Kier molecular flexibility index (Phi) is 4.38. The lowest BCUT2D eigenvalue weighted by atomic mass is 10.0. The molecule has 4 nitrogen and oxygen atoms in total. The molecule has 1 aromatic heterocycles. The molecule has 3 aromatic rings. The van der Waals surface area contributed by atoms with Crippen molar-refractivity contribution in [1.29, 1.82) is 0 Å². The number of aromatic nitrogens is 1. The number of hydrogen-bond acceptors (Lipinski definition) is 3. The van der Waals surface area contributed by atoms with E-state index >= 15 is 0 Å². The molecule has 0 aliphatic rings. The first-order chi connectivity index (χ1) is 11.5. The van der Waals surface area contributed by atoms with Crippen LogP contribution in [0.4, 0.5) is 0 Å². The van der Waals surface area contributed by atoms with Crippen molar-refractivity contribution in [2.75, 3.05) is 0 Å². The minimum absolute atomic E-state index is 0.320. The largest absolute Gasteiger partial charge is 0.289 e. The lowest BCUT2D eigenvalue weighted by Gasteiger charge is -2.06. The quantitative estimate of drug-likeness (QED) is 0.588. The van der Waals surface area contributed by atoms with Crippen LogP contribution in [0, 0.1) is 20.8 Å². The Balaban J connectivity index is 1.77. The molecule has 0 saturated carbocycles. The number of nitrogens with one attached hydrogen (secondary N) is 1. The van der Waals surface area contributed by atoms with Gasteiger partial charge in [-0.2, -0.15) is 5.10 Å². The molecule has 0 unspecified atom stereocenters. The maximum Gasteiger partial charge on any atom is 0.289 e. The van der Waals surface area contributed by atoms with Crippen molar-refractivity contribution in [1.82, 2.24) is 10.4 Å². The molecule has 1 amide bonds. The van der Waals surface area contributed by atoms with Crippen LogP contribution in [0.25, 0.3) is 10.9 Å². The number of rotatable bonds is 3. The van der Waals surface area contributed by atoms with Crippen LogP contribution in [0.2, 0.25) is 0 Å². The zero-order valence-electron chi connectivity index (χ0n) is 14.0. The molecule has 0 bridgehead atoms. The Hall–Kier alpha value is -3.01. The van der Waals surface area contributed by atoms with Crippen molar-refractivity contribution in [2.24, 2.45) is 5.10 Å². The van der Waals surface area contributed by atoms with Crippen molar-refractivity contribution in [3.05, 3.63) is 76.5 Å². The topological polar surface area (TPSA) is 54.4 Å². The molecule has 120 valence electrons. The Morgan fingerprint density at radius 3 is 2.50 bits per heavy atom. The third-order valence-corrected chi connectivity index (χ3v) is 3.93. The molecule has 1 heterocycles. The fourth-order valence-corrected chi connectivity index (χ4v) is 2.80. The van der Waals surface area contributed by atoms with Crippen LogP contribution >= 0.6 is 0 Å². The average molecular weight is 317 g/mol. The van der Waals surface area contributed by atoms with Gasteiger partial charge in [-0.1, -0.05) is 42.0 Å². The van der Waals surface area contributed by atoms with Gasteiger partial charge in [0.2, 0.25) is 0 Å². The molecule has 3 rings (SSSR count). The summed E-state index contributed by atoms with van der Waals surface area (Å²) >= 11 is 0. The number of amides is 1. The van der Waals surface area contributed by atoms with Crippen LogP contribution in [0.15, 0.2) is 53.6 Å². The molecule has 24 heavy (non-hydrogen) atoms. The van der Waals surface area contributed by atoms with Gasteiger partial charge in [0, 0.05) is 10.9 Å². The number of fused-ring (bicyclic) bond motifs is 1. The highest BCUT2D eigenvalue weighted by atomic mass is 16.2. The molecule has 0 radical (unpaired) electrons. The summed E-state index contributed by atoms with van der Waals surface area (Å²) in [5.74, 6) is -0.320. The molecule has 0 saturated heterocycles. The number of pyridine rings is 1. The molecule has 0 atom stereocenters. The molecule has 0 aliphatic heterocycles. The van der Waals surface area contributed by atoms with E-state index in [2.05, 4.69) is 34.6 Å². The number of hydrazone groups is 1. The van der Waals surface area contributed by atoms with Crippen LogP contribution in [0.3, 0.4) is 0 Å². The summed E-state index contributed by atoms with van der Waals surface area (Å²) in [5.41, 5.74) is 8.19. The summed E-state index contributed by atoms with van der Waals surface area (Å²) < 4.78 is 0. The Morgan fingerprint density at radius 2 is 1.75 bits per heavy atom. The van der Waals surface area contributed by atoms with Crippen molar-refractivity contribution >= 4 is 23.0 Å². The van der Waals surface area contributed by atoms with Crippen LogP contribution < -0.4 is 5.43 Å². The summed E-state index contributed by atoms with van der Waals surface area (Å²) in [4.78, 5) is 16.6. The highest BCUT2D eigenvalue weighted by Gasteiger charge is 2.07. The van der Waals surface area contributed by atoms with Gasteiger partial charge in [0.15, 0.2) is 0 Å². The van der Waals surface area contributed by atoms with Gasteiger partial charge in [-0.15, -0.1) is 0 Å². The maximum absolute atomic E-state index is 12.2. The zero-order valence-corrected chi connectivity index (χ0v) is 14.0. The van der Waals surface area contributed by atoms with E-state index in [1.807, 2.05) is 44.2 Å². The van der Waals surface area contributed by atoms with Crippen LogP contribution in [-0.2, 0) is 0 Å². The average Bonchev–Trinajstić information content (AvgIpc) is 2.56. The van der Waals surface area contributed by atoms with E-state index in [1.165, 1.54) is 5.56 Å². The normalized spacial score (nSPS) is 11.1. The molecule has 1 N–H and O–H groups in total. The third-order valence-electron chi connectivity index (χ3n) is 3.93. The summed E-state index contributed by atoms with van der Waals surface area (Å²) in [6.07, 6.45) is 1.68. The molecule has 4 heteroatoms. The standard InChI is InChI=1S/C20H19N3O/c1-13-10-14(2)17(15(3)11-13)12-21-23-20(24)19-9-8-16-6-4-5-7-18(16)22-19/h4-12H,1-3H3,(H,23,24)/b21-12-. The number of para-hydroxylation sites is 1. The van der Waals surface area contributed by atoms with Gasteiger partial charge in [-0.3, -0.25) is 4.79 Å². The van der Waals surface area contributed by atoms with Crippen molar-refractivity contribution in [2.45, 2.75) is 20.8 Å². The molecule has 0 spiro atoms. The van der Waals surface area contributed by atoms with Gasteiger partial charge in [-0.05, 0) is 44.0 Å². The summed E-state index contributed by atoms with van der Waals surface area (Å²) in [6.45, 7) is 6.14. The molecular weight excluding hydrogens is 298 g/mol. The van der Waals surface area contributed by atoms with E-state index in [0.29, 0.717) is 5.69 Å². The first-order valence-corrected chi connectivity index (χ1v) is 7.81. The first kappa shape index (κ1) is 15.9. The van der Waals surface area contributed by atoms with E-state index in [-0.39, 0.29) is 5.91 Å². The predicted molar refractivity (Wildman–Crippen MR) is 97.5 cm³/mol. The zero-order chi connectivity index (χ0) is 17.1. The molecular formula is C20H19N3O. The van der Waals surface area contributed by atoms with Gasteiger partial charge in [0.1, 0.15) is 5.69 Å². The summed E-state index contributed by atoms with van der Waals surface area (Å²) in [7, 11) is 0. The lowest BCUT2D eigenvalue weighted by molar-refractivity contribution is 0.0950. The van der Waals surface area contributed by atoms with Crippen LogP contribution in [0.5, 0.6) is 0 Å². The van der Waals surface area contributed by atoms with E-state index in [1.54, 1.807) is 12.3 Å². The van der Waals surface area contributed by atoms with Crippen molar-refractivity contribution in [3.8, 4) is 0 Å². The monoisotopic (exact) mass is 317 g/mol. The molecule has 0 aliphatic carbocycles. The highest BCUT2D eigenvalue weighted by molar-refractivity contribution is 5.95. The maximum atomic E-state index is 12.2. The minimum atomic E-state index is -0.320. The second-order valence-corrected chi connectivity index (χ2v) is 5.90. The number of hydrogen-bond donors (Lipinski definition) is 1. The van der Waals surface area contributed by atoms with Gasteiger partial charge in [0.25, 0.3) is 5.91 Å². The van der Waals surface area contributed by atoms with E-state index in [9.17, 15) is 4.79 Å². The predicted octanol–water partition coefficient (Wildman–Crippen LogP) is 3.92. The van der Waals surface area contributed by atoms with Crippen LogP contribution in [-0.4, -0.2) is 17.1 Å². The second-order valence-electron chi connectivity index (χ2n) is 5.90. The number of carbonyl (C=O) groups excluding carboxylic acids is 1. The number of carbonyl (C=O) groups is 1. The number of nitrogens with zero attached hydrogens (tertiary/aromatic N) is 2. The van der Waals surface area contributed by atoms with Gasteiger partial charge >= 0.3 is 0 Å². The van der Waals surface area contributed by atoms with Gasteiger partial charge in [-0.25, -0.2) is 10.4 Å². The smallest absolute Gasteiger partial charge is 0.266 e. The van der Waals surface area contributed by atoms with E-state index in [4.69, 9.17) is 0 Å². The Bertz CT molecular complexity index is 922. The number of benzene rings is 2. The first-order valence-electron chi connectivity index (χ1n) is 7.81. The fraction of sp³-hybridized carbons (Fsp3) is 0.150. The lowest BCUT2D eigenvalue weighted by Crippen LogP contribution is -2.19. The summed E-state index contributed by atoms with van der Waals surface area (Å²) in [5, 5.41) is 5.09. The minimum Gasteiger partial charge on any atom is -0.266 e.